The summed E-state index contributed by atoms with van der Waals surface area (Å²) in [6.07, 6.45) is -12.2. The molecule has 270 valence electrons. The summed E-state index contributed by atoms with van der Waals surface area (Å²) >= 11 is 0. The van der Waals surface area contributed by atoms with E-state index in [2.05, 4.69) is 14.8 Å². The maximum atomic E-state index is 15.8. The molecule has 24 heteroatoms. The van der Waals surface area contributed by atoms with Crippen LogP contribution in [0.4, 0.5) is 87.8 Å². The quantitative estimate of drug-likeness (QED) is 0.109. The lowest BCUT2D eigenvalue weighted by atomic mass is 9.93. The van der Waals surface area contributed by atoms with Crippen molar-refractivity contribution in [2.75, 3.05) is 0 Å². The highest BCUT2D eigenvalue weighted by Gasteiger charge is 2.94. The number of halogens is 20. The van der Waals surface area contributed by atoms with Crippen LogP contribution in [-0.2, 0) is 17.1 Å². The fourth-order valence-corrected chi connectivity index (χ4v) is 3.65. The fraction of sp³-hybridized carbons (Fsp3) is 0.652. The van der Waals surface area contributed by atoms with Crippen molar-refractivity contribution in [1.82, 2.24) is 15.0 Å². The summed E-state index contributed by atoms with van der Waals surface area (Å²) in [4.78, 5) is 8.98. The molecule has 1 atom stereocenters. The Hall–Kier alpha value is -3.08. The smallest absolute Gasteiger partial charge is 0.258 e. The summed E-state index contributed by atoms with van der Waals surface area (Å²) in [6.45, 7) is 1.87. The Kier molecular flexibility index (Phi) is 10.9. The number of aryl methyl sites for hydroxylation is 1. The molecule has 0 fully saturated rings. The van der Waals surface area contributed by atoms with Gasteiger partial charge in [-0.25, -0.2) is 13.2 Å². The molecular formula is C23H17F20N3O. The molecule has 1 aromatic heterocycles. The number of unbranched alkanes of at least 4 members (excludes halogenated alkanes) is 4. The Labute approximate surface area is 249 Å². The molecular weight excluding hydrogens is 714 g/mol. The van der Waals surface area contributed by atoms with E-state index >= 15 is 4.39 Å². The molecule has 2 rings (SSSR count). The van der Waals surface area contributed by atoms with Crippen LogP contribution in [0.5, 0.6) is 0 Å². The minimum Gasteiger partial charge on any atom is -0.258 e. The molecule has 0 aromatic carbocycles. The van der Waals surface area contributed by atoms with Gasteiger partial charge in [0.2, 0.25) is 17.5 Å². The molecule has 47 heavy (non-hydrogen) atoms. The first-order valence-corrected chi connectivity index (χ1v) is 12.5. The molecule has 4 nitrogen and oxygen atoms in total. The lowest BCUT2D eigenvalue weighted by Crippen LogP contribution is -2.73. The number of hydrogen-bond donors (Lipinski definition) is 0. The van der Waals surface area contributed by atoms with Gasteiger partial charge in [0, 0.05) is 6.20 Å². The van der Waals surface area contributed by atoms with Gasteiger partial charge in [0.1, 0.15) is 5.69 Å². The summed E-state index contributed by atoms with van der Waals surface area (Å²) in [5.74, 6) is -62.4. The largest absolute Gasteiger partial charge is 0.460 e. The molecule has 0 saturated heterocycles. The van der Waals surface area contributed by atoms with Crippen molar-refractivity contribution in [1.29, 1.82) is 0 Å². The number of hydrogen-bond acceptors (Lipinski definition) is 4. The standard InChI is InChI=1S/C23H17F20N3O/c1-2-3-4-5-6-7-10-8-45-11(9-44-10)16(28)14(26)12(24)13(25)15(27)46(16)47-23(42,43)21(37,38)19(33,34)17(29,30)18(31,32)20(35,36)22(39,40)41/h8-9H,2-7H2,1H3. The average Bonchev–Trinajstić information content (AvgIpc) is 2.96. The summed E-state index contributed by atoms with van der Waals surface area (Å²) in [5, 5.41) is -2.46. The predicted octanol–water partition coefficient (Wildman–Crippen LogP) is 9.95. The number of alkyl halides is 16. The summed E-state index contributed by atoms with van der Waals surface area (Å²) in [5.41, 5.74) is -2.16. The van der Waals surface area contributed by atoms with E-state index in [0.717, 1.165) is 12.8 Å². The third kappa shape index (κ3) is 6.29. The SMILES string of the molecule is CCCCCCCc1cnc(C2(F)C(F)=C(F)C(F)=C(F)N2OC(F)(F)C(F)(F)C(F)(F)C(F)(F)C(F)(F)C(F)(F)C(F)(F)F)cn1. The van der Waals surface area contributed by atoms with Gasteiger partial charge in [0.25, 0.3) is 5.95 Å². The second-order valence-corrected chi connectivity index (χ2v) is 9.68. The second-order valence-electron chi connectivity index (χ2n) is 9.68. The normalized spacial score (nSPS) is 19.6. The number of hydroxylamine groups is 2. The number of allylic oxidation sites excluding steroid dienone is 2. The van der Waals surface area contributed by atoms with Crippen LogP contribution in [0.2, 0.25) is 0 Å². The van der Waals surface area contributed by atoms with Crippen molar-refractivity contribution >= 4 is 0 Å². The van der Waals surface area contributed by atoms with Crippen molar-refractivity contribution in [3.63, 3.8) is 0 Å². The zero-order chi connectivity index (χ0) is 36.8. The first kappa shape index (κ1) is 40.1. The monoisotopic (exact) mass is 731 g/mol. The third-order valence-electron chi connectivity index (χ3n) is 6.40. The third-order valence-corrected chi connectivity index (χ3v) is 6.40. The molecule has 0 saturated carbocycles. The highest BCUT2D eigenvalue weighted by Crippen LogP contribution is 2.63. The first-order valence-electron chi connectivity index (χ1n) is 12.5. The van der Waals surface area contributed by atoms with Gasteiger partial charge < -0.3 is 0 Å². The molecule has 2 heterocycles. The van der Waals surface area contributed by atoms with Crippen molar-refractivity contribution in [3.05, 3.63) is 47.2 Å². The Bertz CT molecular complexity index is 1340. The molecule has 0 bridgehead atoms. The van der Waals surface area contributed by atoms with E-state index < -0.39 is 81.9 Å². The maximum Gasteiger partial charge on any atom is 0.460 e. The van der Waals surface area contributed by atoms with Gasteiger partial charge in [-0.1, -0.05) is 32.6 Å². The van der Waals surface area contributed by atoms with Gasteiger partial charge in [-0.2, -0.15) is 84.5 Å². The highest BCUT2D eigenvalue weighted by molar-refractivity contribution is 5.37. The Morgan fingerprint density at radius 3 is 1.60 bits per heavy atom. The van der Waals surface area contributed by atoms with E-state index in [9.17, 15) is 83.4 Å². The molecule has 0 spiro atoms. The van der Waals surface area contributed by atoms with E-state index in [1.165, 1.54) is 0 Å². The van der Waals surface area contributed by atoms with Crippen LogP contribution < -0.4 is 0 Å². The van der Waals surface area contributed by atoms with Crippen molar-refractivity contribution in [3.8, 4) is 0 Å². The Balaban J connectivity index is 2.61. The van der Waals surface area contributed by atoms with E-state index in [1.807, 2.05) is 6.92 Å². The van der Waals surface area contributed by atoms with E-state index in [1.54, 1.807) is 0 Å². The first-order chi connectivity index (χ1) is 21.0. The molecule has 0 radical (unpaired) electrons. The van der Waals surface area contributed by atoms with Crippen molar-refractivity contribution < 1.29 is 92.6 Å². The van der Waals surface area contributed by atoms with E-state index in [4.69, 9.17) is 0 Å². The van der Waals surface area contributed by atoms with Gasteiger partial charge in [0.15, 0.2) is 0 Å². The summed E-state index contributed by atoms with van der Waals surface area (Å²) in [6, 6.07) is 0. The maximum absolute atomic E-state index is 15.8. The molecule has 1 aliphatic heterocycles. The van der Waals surface area contributed by atoms with Gasteiger partial charge in [-0.15, -0.1) is 0 Å². The van der Waals surface area contributed by atoms with Crippen molar-refractivity contribution in [2.45, 2.75) is 93.1 Å². The van der Waals surface area contributed by atoms with Crippen LogP contribution in [0, 0.1) is 0 Å². The van der Waals surface area contributed by atoms with Crippen LogP contribution in [0.1, 0.15) is 50.4 Å². The topological polar surface area (TPSA) is 38.2 Å². The molecule has 0 aliphatic carbocycles. The minimum atomic E-state index is -8.82. The van der Waals surface area contributed by atoms with Crippen LogP contribution in [0.25, 0.3) is 0 Å². The van der Waals surface area contributed by atoms with Crippen LogP contribution in [0.3, 0.4) is 0 Å². The number of nitrogens with zero attached hydrogens (tertiary/aromatic N) is 3. The zero-order valence-corrected chi connectivity index (χ0v) is 22.7. The minimum absolute atomic E-state index is 0.00231. The van der Waals surface area contributed by atoms with Crippen LogP contribution in [0.15, 0.2) is 35.8 Å². The molecule has 0 N–H and O–H groups in total. The fourth-order valence-electron chi connectivity index (χ4n) is 3.65. The lowest BCUT2D eigenvalue weighted by Gasteiger charge is -2.43. The molecule has 1 aromatic rings. The van der Waals surface area contributed by atoms with Gasteiger partial charge in [-0.3, -0.25) is 9.97 Å². The predicted molar refractivity (Wildman–Crippen MR) is 114 cm³/mol. The van der Waals surface area contributed by atoms with Gasteiger partial charge in [0.05, 0.1) is 11.9 Å². The lowest BCUT2D eigenvalue weighted by molar-refractivity contribution is -0.501. The Morgan fingerprint density at radius 2 is 1.13 bits per heavy atom. The highest BCUT2D eigenvalue weighted by atomic mass is 19.4. The molecule has 1 unspecified atom stereocenters. The van der Waals surface area contributed by atoms with Crippen molar-refractivity contribution in [2.24, 2.45) is 0 Å². The summed E-state index contributed by atoms with van der Waals surface area (Å²) < 4.78 is 275. The zero-order valence-electron chi connectivity index (χ0n) is 22.7. The molecule has 1 aliphatic rings. The Morgan fingerprint density at radius 1 is 0.638 bits per heavy atom. The average molecular weight is 731 g/mol. The van der Waals surface area contributed by atoms with Crippen LogP contribution in [-0.4, -0.2) is 56.9 Å². The van der Waals surface area contributed by atoms with Gasteiger partial charge >= 0.3 is 47.7 Å². The molecule has 0 amide bonds. The second kappa shape index (κ2) is 12.7. The van der Waals surface area contributed by atoms with Crippen LogP contribution >= 0.6 is 0 Å². The van der Waals surface area contributed by atoms with E-state index in [0.29, 0.717) is 25.5 Å². The number of rotatable bonds is 14. The number of aromatic nitrogens is 2. The summed E-state index contributed by atoms with van der Waals surface area (Å²) in [7, 11) is 0. The van der Waals surface area contributed by atoms with Gasteiger partial charge in [-0.05, 0) is 12.8 Å². The van der Waals surface area contributed by atoms with E-state index in [-0.39, 0.29) is 18.3 Å².